The van der Waals surface area contributed by atoms with E-state index >= 15 is 0 Å². The van der Waals surface area contributed by atoms with Crippen molar-refractivity contribution in [1.82, 2.24) is 9.47 Å². The van der Waals surface area contributed by atoms with Crippen molar-refractivity contribution in [2.24, 2.45) is 5.92 Å². The average Bonchev–Trinajstić information content (AvgIpc) is 2.96. The quantitative estimate of drug-likeness (QED) is 0.813. The van der Waals surface area contributed by atoms with E-state index in [1.54, 1.807) is 0 Å². The maximum atomic E-state index is 2.58. The van der Waals surface area contributed by atoms with E-state index in [9.17, 15) is 0 Å². The van der Waals surface area contributed by atoms with Crippen LogP contribution >= 0.6 is 0 Å². The third-order valence-corrected chi connectivity index (χ3v) is 4.26. The summed E-state index contributed by atoms with van der Waals surface area (Å²) in [5.74, 6) is 0.763. The highest BCUT2D eigenvalue weighted by molar-refractivity contribution is 5.14. The lowest BCUT2D eigenvalue weighted by Gasteiger charge is -2.38. The number of aromatic nitrogens is 1. The fraction of sp³-hybridized carbons (Fsp3) is 0.412. The zero-order valence-electron chi connectivity index (χ0n) is 11.6. The Morgan fingerprint density at radius 1 is 1.05 bits per heavy atom. The molecule has 2 aromatic rings. The van der Waals surface area contributed by atoms with Crippen molar-refractivity contribution >= 4 is 0 Å². The molecular formula is C17H22N2. The van der Waals surface area contributed by atoms with Crippen molar-refractivity contribution in [3.8, 4) is 0 Å². The van der Waals surface area contributed by atoms with E-state index in [1.807, 2.05) is 0 Å². The lowest BCUT2D eigenvalue weighted by molar-refractivity contribution is 0.126. The Kier molecular flexibility index (Phi) is 3.69. The minimum Gasteiger partial charge on any atom is -0.350 e. The molecule has 2 heterocycles. The lowest BCUT2D eigenvalue weighted by Crippen LogP contribution is -2.39. The third kappa shape index (κ3) is 2.90. The standard InChI is InChI=1S/C17H22N2/c1-15-9-12-18(13-16-7-3-2-4-8-16)14-17(15)19-10-5-6-11-19/h2-8,10-11,15,17H,9,12-14H2,1H3. The van der Waals surface area contributed by atoms with E-state index in [4.69, 9.17) is 0 Å². The van der Waals surface area contributed by atoms with E-state index in [0.29, 0.717) is 6.04 Å². The number of nitrogens with zero attached hydrogens (tertiary/aromatic N) is 2. The topological polar surface area (TPSA) is 8.17 Å². The summed E-state index contributed by atoms with van der Waals surface area (Å²) in [6.45, 7) is 5.83. The third-order valence-electron chi connectivity index (χ3n) is 4.26. The normalized spacial score (nSPS) is 24.5. The van der Waals surface area contributed by atoms with E-state index in [2.05, 4.69) is 71.2 Å². The van der Waals surface area contributed by atoms with Crippen molar-refractivity contribution in [3.63, 3.8) is 0 Å². The van der Waals surface area contributed by atoms with Gasteiger partial charge in [0.1, 0.15) is 0 Å². The van der Waals surface area contributed by atoms with Crippen LogP contribution in [0.25, 0.3) is 0 Å². The fourth-order valence-electron chi connectivity index (χ4n) is 3.06. The first-order chi connectivity index (χ1) is 9.33. The average molecular weight is 254 g/mol. The molecule has 0 aliphatic carbocycles. The van der Waals surface area contributed by atoms with Gasteiger partial charge in [-0.1, -0.05) is 37.3 Å². The van der Waals surface area contributed by atoms with Gasteiger partial charge in [0, 0.05) is 31.5 Å². The van der Waals surface area contributed by atoms with Gasteiger partial charge in [-0.15, -0.1) is 0 Å². The molecule has 2 atom stereocenters. The van der Waals surface area contributed by atoms with Gasteiger partial charge < -0.3 is 4.57 Å². The van der Waals surface area contributed by atoms with Gasteiger partial charge >= 0.3 is 0 Å². The van der Waals surface area contributed by atoms with E-state index in [0.717, 1.165) is 19.0 Å². The smallest absolute Gasteiger partial charge is 0.0483 e. The maximum Gasteiger partial charge on any atom is 0.0483 e. The molecule has 19 heavy (non-hydrogen) atoms. The van der Waals surface area contributed by atoms with Gasteiger partial charge in [0.05, 0.1) is 0 Å². The Hall–Kier alpha value is -1.54. The predicted molar refractivity (Wildman–Crippen MR) is 79.0 cm³/mol. The van der Waals surface area contributed by atoms with Crippen LogP contribution in [0.4, 0.5) is 0 Å². The van der Waals surface area contributed by atoms with Crippen molar-refractivity contribution in [2.45, 2.75) is 25.9 Å². The van der Waals surface area contributed by atoms with Crippen LogP contribution in [0.1, 0.15) is 24.9 Å². The summed E-state index contributed by atoms with van der Waals surface area (Å²) in [5, 5.41) is 0. The SMILES string of the molecule is CC1CCN(Cc2ccccc2)CC1n1cccc1. The van der Waals surface area contributed by atoms with Gasteiger partial charge in [-0.05, 0) is 36.6 Å². The molecule has 1 saturated heterocycles. The molecule has 2 unspecified atom stereocenters. The zero-order chi connectivity index (χ0) is 13.1. The number of hydrogen-bond acceptors (Lipinski definition) is 1. The minimum atomic E-state index is 0.618. The van der Waals surface area contributed by atoms with Crippen LogP contribution in [0, 0.1) is 5.92 Å². The van der Waals surface area contributed by atoms with Crippen molar-refractivity contribution in [3.05, 3.63) is 60.4 Å². The molecule has 0 radical (unpaired) electrons. The number of hydrogen-bond donors (Lipinski definition) is 0. The summed E-state index contributed by atoms with van der Waals surface area (Å²) in [5.41, 5.74) is 1.42. The molecule has 100 valence electrons. The van der Waals surface area contributed by atoms with Crippen LogP contribution in [-0.2, 0) is 6.54 Å². The number of rotatable bonds is 3. The van der Waals surface area contributed by atoms with Gasteiger partial charge in [-0.2, -0.15) is 0 Å². The van der Waals surface area contributed by atoms with Gasteiger partial charge in [0.25, 0.3) is 0 Å². The van der Waals surface area contributed by atoms with Gasteiger partial charge in [-0.3, -0.25) is 4.90 Å². The van der Waals surface area contributed by atoms with E-state index in [-0.39, 0.29) is 0 Å². The van der Waals surface area contributed by atoms with Crippen molar-refractivity contribution in [1.29, 1.82) is 0 Å². The second-order valence-corrected chi connectivity index (χ2v) is 5.68. The Balaban J connectivity index is 1.68. The van der Waals surface area contributed by atoms with Gasteiger partial charge in [0.15, 0.2) is 0 Å². The Morgan fingerprint density at radius 3 is 2.53 bits per heavy atom. The minimum absolute atomic E-state index is 0.618. The Labute approximate surface area is 115 Å². The predicted octanol–water partition coefficient (Wildman–Crippen LogP) is 3.57. The summed E-state index contributed by atoms with van der Waals surface area (Å²) in [4.78, 5) is 2.58. The molecule has 0 bridgehead atoms. The van der Waals surface area contributed by atoms with Crippen LogP contribution in [0.5, 0.6) is 0 Å². The number of likely N-dealkylation sites (tertiary alicyclic amines) is 1. The molecule has 2 nitrogen and oxygen atoms in total. The molecule has 0 saturated carbocycles. The summed E-state index contributed by atoms with van der Waals surface area (Å²) >= 11 is 0. The first kappa shape index (κ1) is 12.5. The molecule has 1 aliphatic heterocycles. The number of benzene rings is 1. The summed E-state index contributed by atoms with van der Waals surface area (Å²) in [7, 11) is 0. The highest BCUT2D eigenvalue weighted by Crippen LogP contribution is 2.28. The van der Waals surface area contributed by atoms with Gasteiger partial charge in [0.2, 0.25) is 0 Å². The number of piperidine rings is 1. The molecule has 0 amide bonds. The van der Waals surface area contributed by atoms with Crippen molar-refractivity contribution in [2.75, 3.05) is 13.1 Å². The first-order valence-corrected chi connectivity index (χ1v) is 7.21. The zero-order valence-corrected chi connectivity index (χ0v) is 11.6. The van der Waals surface area contributed by atoms with E-state index < -0.39 is 0 Å². The first-order valence-electron chi connectivity index (χ1n) is 7.21. The van der Waals surface area contributed by atoms with Crippen LogP contribution in [-0.4, -0.2) is 22.6 Å². The van der Waals surface area contributed by atoms with Crippen molar-refractivity contribution < 1.29 is 0 Å². The monoisotopic (exact) mass is 254 g/mol. The largest absolute Gasteiger partial charge is 0.350 e. The summed E-state index contributed by atoms with van der Waals surface area (Å²) in [6.07, 6.45) is 5.69. The molecule has 0 spiro atoms. The Bertz CT molecular complexity index is 489. The van der Waals surface area contributed by atoms with Crippen LogP contribution in [0.3, 0.4) is 0 Å². The molecule has 1 fully saturated rings. The summed E-state index contributed by atoms with van der Waals surface area (Å²) in [6, 6.07) is 15.7. The molecule has 1 aliphatic rings. The molecular weight excluding hydrogens is 232 g/mol. The molecule has 0 N–H and O–H groups in total. The Morgan fingerprint density at radius 2 is 1.79 bits per heavy atom. The fourth-order valence-corrected chi connectivity index (χ4v) is 3.06. The second kappa shape index (κ2) is 5.62. The highest BCUT2D eigenvalue weighted by atomic mass is 15.2. The van der Waals surface area contributed by atoms with Crippen LogP contribution < -0.4 is 0 Å². The lowest BCUT2D eigenvalue weighted by atomic mass is 9.93. The summed E-state index contributed by atoms with van der Waals surface area (Å²) < 4.78 is 2.38. The molecule has 2 heteroatoms. The van der Waals surface area contributed by atoms with E-state index in [1.165, 1.54) is 18.5 Å². The highest BCUT2D eigenvalue weighted by Gasteiger charge is 2.26. The molecule has 1 aromatic carbocycles. The molecule has 3 rings (SSSR count). The maximum absolute atomic E-state index is 2.58. The van der Waals surface area contributed by atoms with Gasteiger partial charge in [-0.25, -0.2) is 0 Å². The van der Waals surface area contributed by atoms with Crippen LogP contribution in [0.15, 0.2) is 54.9 Å². The molecule has 1 aromatic heterocycles. The second-order valence-electron chi connectivity index (χ2n) is 5.68. The van der Waals surface area contributed by atoms with Crippen LogP contribution in [0.2, 0.25) is 0 Å².